The Kier molecular flexibility index (Phi) is 14.9. The predicted molar refractivity (Wildman–Crippen MR) is 231 cm³/mol. The lowest BCUT2D eigenvalue weighted by Crippen LogP contribution is -2.59. The Morgan fingerprint density at radius 2 is 1.42 bits per heavy atom. The number of aromatic nitrogens is 1. The summed E-state index contributed by atoms with van der Waals surface area (Å²) in [6.45, 7) is 12.5. The van der Waals surface area contributed by atoms with Crippen molar-refractivity contribution in [2.24, 2.45) is 10.8 Å². The van der Waals surface area contributed by atoms with Gasteiger partial charge in [0.15, 0.2) is 0 Å². The maximum atomic E-state index is 14.5. The number of hydrogen-bond donors (Lipinski definition) is 4. The van der Waals surface area contributed by atoms with E-state index in [1.807, 2.05) is 139 Å². The Balaban J connectivity index is 1.41. The van der Waals surface area contributed by atoms with Gasteiger partial charge in [0.25, 0.3) is 0 Å². The van der Waals surface area contributed by atoms with Crippen molar-refractivity contribution in [3.05, 3.63) is 120 Å². The molecule has 2 heterocycles. The third-order valence-corrected chi connectivity index (χ3v) is 10.4. The third kappa shape index (κ3) is 12.5. The van der Waals surface area contributed by atoms with Gasteiger partial charge in [-0.1, -0.05) is 133 Å². The van der Waals surface area contributed by atoms with Gasteiger partial charge in [-0.05, 0) is 52.8 Å². The number of nitrogens with zero attached hydrogens (tertiary/aromatic N) is 4. The standard InChI is InChI=1S/C47H60N6O7/c1-46(2,3)31-53(45(58)59)43(56)48-36(27-33-21-23-35(24-22-33)37-19-14-20-40(49-37)60-7)29-39(54)38(28-32-15-10-8-11-16-32)50-42(55)41(47(4,5)6)52-26-25-51(44(52)57)30-34-17-12-9-13-18-34/h8-24,36,38-39,41,54H,25-31H2,1-7H3,(H,48,56)(H,50,55)(H,58,59). The van der Waals surface area contributed by atoms with E-state index in [0.717, 1.165) is 27.2 Å². The molecule has 1 fully saturated rings. The number of imide groups is 1. The van der Waals surface area contributed by atoms with Crippen LogP contribution in [-0.4, -0.2) is 105 Å². The van der Waals surface area contributed by atoms with Crippen LogP contribution in [0.4, 0.5) is 14.4 Å². The van der Waals surface area contributed by atoms with Gasteiger partial charge in [-0.3, -0.25) is 4.79 Å². The Bertz CT molecular complexity index is 2050. The molecule has 0 saturated carbocycles. The van der Waals surface area contributed by atoms with Crippen LogP contribution < -0.4 is 15.4 Å². The van der Waals surface area contributed by atoms with Crippen molar-refractivity contribution >= 4 is 24.1 Å². The van der Waals surface area contributed by atoms with Crippen LogP contribution in [0.3, 0.4) is 0 Å². The van der Waals surface area contributed by atoms with E-state index in [1.54, 1.807) is 23.0 Å². The summed E-state index contributed by atoms with van der Waals surface area (Å²) in [6.07, 6.45) is -2.12. The summed E-state index contributed by atoms with van der Waals surface area (Å²) in [5, 5.41) is 28.2. The van der Waals surface area contributed by atoms with Crippen LogP contribution in [0.15, 0.2) is 103 Å². The minimum atomic E-state index is -1.39. The SMILES string of the molecule is COc1cccc(-c2ccc(CC(CC(O)C(Cc3ccccc3)NC(=O)C(N3CCN(Cc4ccccc4)C3=O)C(C)(C)C)NC(=O)N(CC(C)(C)C)C(=O)O)cc2)n1. The number of aliphatic hydroxyl groups excluding tert-OH is 1. The fourth-order valence-corrected chi connectivity index (χ4v) is 7.59. The van der Waals surface area contributed by atoms with Crippen LogP contribution in [0.25, 0.3) is 11.3 Å². The van der Waals surface area contributed by atoms with E-state index < -0.39 is 53.1 Å². The number of nitrogens with one attached hydrogen (secondary N) is 2. The van der Waals surface area contributed by atoms with E-state index in [0.29, 0.717) is 31.2 Å². The Morgan fingerprint density at radius 1 is 0.800 bits per heavy atom. The molecule has 13 heteroatoms. The molecule has 5 rings (SSSR count). The lowest BCUT2D eigenvalue weighted by molar-refractivity contribution is -0.130. The molecule has 1 aromatic heterocycles. The van der Waals surface area contributed by atoms with Gasteiger partial charge in [0.1, 0.15) is 6.04 Å². The predicted octanol–water partition coefficient (Wildman–Crippen LogP) is 7.24. The molecule has 4 N–H and O–H groups in total. The number of aliphatic hydroxyl groups is 1. The molecular formula is C47H60N6O7. The summed E-state index contributed by atoms with van der Waals surface area (Å²) in [5.41, 5.74) is 3.06. The highest BCUT2D eigenvalue weighted by Crippen LogP contribution is 2.29. The van der Waals surface area contributed by atoms with Gasteiger partial charge in [0.05, 0.1) is 24.9 Å². The lowest BCUT2D eigenvalue weighted by atomic mass is 9.84. The molecule has 1 aliphatic rings. The van der Waals surface area contributed by atoms with Crippen molar-refractivity contribution in [2.45, 2.75) is 91.6 Å². The summed E-state index contributed by atoms with van der Waals surface area (Å²) >= 11 is 0. The summed E-state index contributed by atoms with van der Waals surface area (Å²) in [6, 6.07) is 28.8. The number of pyridine rings is 1. The molecule has 3 aromatic carbocycles. The van der Waals surface area contributed by atoms with E-state index >= 15 is 0 Å². The Morgan fingerprint density at radius 3 is 2.00 bits per heavy atom. The minimum absolute atomic E-state index is 0.0284. The van der Waals surface area contributed by atoms with E-state index in [9.17, 15) is 29.4 Å². The maximum absolute atomic E-state index is 14.5. The number of hydrogen-bond acceptors (Lipinski definition) is 7. The second-order valence-electron chi connectivity index (χ2n) is 17.8. The molecule has 4 unspecified atom stereocenters. The molecule has 0 bridgehead atoms. The van der Waals surface area contributed by atoms with Crippen LogP contribution in [0.5, 0.6) is 5.88 Å². The first-order chi connectivity index (χ1) is 28.4. The van der Waals surface area contributed by atoms with Crippen molar-refractivity contribution in [2.75, 3.05) is 26.7 Å². The number of rotatable bonds is 16. The van der Waals surface area contributed by atoms with Crippen LogP contribution in [0, 0.1) is 10.8 Å². The van der Waals surface area contributed by atoms with Gasteiger partial charge in [0.2, 0.25) is 11.8 Å². The number of carboxylic acid groups (broad SMARTS) is 1. The molecule has 6 amide bonds. The molecule has 0 aliphatic carbocycles. The second-order valence-corrected chi connectivity index (χ2v) is 17.8. The van der Waals surface area contributed by atoms with E-state index in [1.165, 1.54) is 0 Å². The first kappa shape index (κ1) is 45.1. The van der Waals surface area contributed by atoms with Crippen molar-refractivity contribution < 1.29 is 34.1 Å². The van der Waals surface area contributed by atoms with Crippen LogP contribution in [0.2, 0.25) is 0 Å². The van der Waals surface area contributed by atoms with E-state index in [-0.39, 0.29) is 31.8 Å². The normalized spacial score (nSPS) is 15.2. The zero-order valence-corrected chi connectivity index (χ0v) is 35.8. The van der Waals surface area contributed by atoms with Crippen molar-refractivity contribution in [3.63, 3.8) is 0 Å². The average molecular weight is 821 g/mol. The highest BCUT2D eigenvalue weighted by molar-refractivity contribution is 5.90. The molecule has 4 aromatic rings. The highest BCUT2D eigenvalue weighted by Gasteiger charge is 2.44. The van der Waals surface area contributed by atoms with Gasteiger partial charge in [-0.15, -0.1) is 0 Å². The number of ether oxygens (including phenoxy) is 1. The van der Waals surface area contributed by atoms with Gasteiger partial charge in [-0.2, -0.15) is 0 Å². The fourth-order valence-electron chi connectivity index (χ4n) is 7.59. The monoisotopic (exact) mass is 820 g/mol. The molecule has 1 saturated heterocycles. The number of urea groups is 2. The summed E-state index contributed by atoms with van der Waals surface area (Å²) in [4.78, 5) is 63.1. The molecule has 1 aliphatic heterocycles. The van der Waals surface area contributed by atoms with Crippen LogP contribution in [-0.2, 0) is 24.2 Å². The maximum Gasteiger partial charge on any atom is 0.415 e. The van der Waals surface area contributed by atoms with Gasteiger partial charge in [0, 0.05) is 43.9 Å². The van der Waals surface area contributed by atoms with Gasteiger partial charge >= 0.3 is 18.2 Å². The zero-order chi connectivity index (χ0) is 43.6. The molecule has 13 nitrogen and oxygen atoms in total. The number of carbonyl (C=O) groups is 4. The molecule has 4 atom stereocenters. The Labute approximate surface area is 353 Å². The first-order valence-electron chi connectivity index (χ1n) is 20.4. The highest BCUT2D eigenvalue weighted by atomic mass is 16.5. The molecule has 320 valence electrons. The zero-order valence-electron chi connectivity index (χ0n) is 35.8. The van der Waals surface area contributed by atoms with Crippen LogP contribution >= 0.6 is 0 Å². The smallest absolute Gasteiger partial charge is 0.415 e. The number of methoxy groups -OCH3 is 1. The summed E-state index contributed by atoms with van der Waals surface area (Å²) in [7, 11) is 1.55. The average Bonchev–Trinajstić information content (AvgIpc) is 3.54. The molecular weight excluding hydrogens is 761 g/mol. The third-order valence-electron chi connectivity index (χ3n) is 10.4. The van der Waals surface area contributed by atoms with Crippen molar-refractivity contribution in [3.8, 4) is 17.1 Å². The summed E-state index contributed by atoms with van der Waals surface area (Å²) in [5.74, 6) is 0.0801. The van der Waals surface area contributed by atoms with E-state index in [4.69, 9.17) is 4.74 Å². The first-order valence-corrected chi connectivity index (χ1v) is 20.4. The van der Waals surface area contributed by atoms with Crippen LogP contribution in [0.1, 0.15) is 64.7 Å². The second kappa shape index (κ2) is 19.9. The van der Waals surface area contributed by atoms with Crippen molar-refractivity contribution in [1.29, 1.82) is 0 Å². The minimum Gasteiger partial charge on any atom is -0.481 e. The van der Waals surface area contributed by atoms with Crippen molar-refractivity contribution in [1.82, 2.24) is 30.3 Å². The number of benzene rings is 3. The largest absolute Gasteiger partial charge is 0.481 e. The number of amides is 6. The topological polar surface area (TPSA) is 165 Å². The quantitative estimate of drug-likeness (QED) is 0.0920. The lowest BCUT2D eigenvalue weighted by Gasteiger charge is -2.38. The Hall–Kier alpha value is -5.95. The summed E-state index contributed by atoms with van der Waals surface area (Å²) < 4.78 is 5.29. The van der Waals surface area contributed by atoms with Gasteiger partial charge in [-0.25, -0.2) is 24.3 Å². The van der Waals surface area contributed by atoms with E-state index in [2.05, 4.69) is 15.6 Å². The molecule has 0 spiro atoms. The van der Waals surface area contributed by atoms with Gasteiger partial charge < -0.3 is 35.4 Å². The number of carbonyl (C=O) groups excluding carboxylic acids is 3. The molecule has 0 radical (unpaired) electrons. The molecule has 60 heavy (non-hydrogen) atoms. The fraction of sp³-hybridized carbons (Fsp3) is 0.426.